The van der Waals surface area contributed by atoms with Crippen LogP contribution in [0.25, 0.3) is 0 Å². The van der Waals surface area contributed by atoms with Gasteiger partial charge in [-0.2, -0.15) is 0 Å². The Morgan fingerprint density at radius 1 is 0.742 bits per heavy atom. The second-order valence-electron chi connectivity index (χ2n) is 8.06. The van der Waals surface area contributed by atoms with Gasteiger partial charge < -0.3 is 14.6 Å². The van der Waals surface area contributed by atoms with E-state index in [2.05, 4.69) is 31.2 Å². The van der Waals surface area contributed by atoms with Crippen molar-refractivity contribution in [3.8, 4) is 0 Å². The lowest BCUT2D eigenvalue weighted by Crippen LogP contribution is -2.28. The summed E-state index contributed by atoms with van der Waals surface area (Å²) < 4.78 is 10.2. The molecule has 0 saturated carbocycles. The van der Waals surface area contributed by atoms with Gasteiger partial charge in [-0.1, -0.05) is 76.7 Å². The minimum atomic E-state index is -0.768. The maximum absolute atomic E-state index is 11.8. The van der Waals surface area contributed by atoms with Gasteiger partial charge in [-0.3, -0.25) is 9.59 Å². The van der Waals surface area contributed by atoms with Crippen molar-refractivity contribution < 1.29 is 24.2 Å². The molecule has 0 bridgehead atoms. The molecule has 1 atom stereocenters. The fraction of sp³-hybridized carbons (Fsp3) is 0.769. The van der Waals surface area contributed by atoms with Gasteiger partial charge in [0.05, 0.1) is 6.61 Å². The van der Waals surface area contributed by atoms with Crippen LogP contribution in [0.1, 0.15) is 110 Å². The van der Waals surface area contributed by atoms with Crippen molar-refractivity contribution in [2.24, 2.45) is 0 Å². The van der Waals surface area contributed by atoms with Crippen molar-refractivity contribution >= 4 is 11.9 Å². The summed E-state index contributed by atoms with van der Waals surface area (Å²) in [5.41, 5.74) is 0. The second-order valence-corrected chi connectivity index (χ2v) is 8.06. The molecule has 0 aromatic heterocycles. The van der Waals surface area contributed by atoms with Crippen LogP contribution in [-0.2, 0) is 19.1 Å². The Hall–Kier alpha value is -1.62. The van der Waals surface area contributed by atoms with Crippen LogP contribution in [-0.4, -0.2) is 36.4 Å². The molecule has 1 unspecified atom stereocenters. The lowest BCUT2D eigenvalue weighted by Gasteiger charge is -2.15. The highest BCUT2D eigenvalue weighted by molar-refractivity contribution is 5.70. The fourth-order valence-electron chi connectivity index (χ4n) is 3.09. The third-order valence-corrected chi connectivity index (χ3v) is 4.97. The summed E-state index contributed by atoms with van der Waals surface area (Å²) in [7, 11) is 0. The summed E-state index contributed by atoms with van der Waals surface area (Å²) in [5, 5.41) is 9.25. The molecule has 0 rings (SSSR count). The van der Waals surface area contributed by atoms with E-state index in [9.17, 15) is 14.7 Å². The fourth-order valence-corrected chi connectivity index (χ4v) is 3.09. The van der Waals surface area contributed by atoms with Gasteiger partial charge in [0, 0.05) is 12.8 Å². The molecule has 0 amide bonds. The van der Waals surface area contributed by atoms with Crippen LogP contribution >= 0.6 is 0 Å². The van der Waals surface area contributed by atoms with E-state index in [1.54, 1.807) is 0 Å². The Morgan fingerprint density at radius 3 is 1.97 bits per heavy atom. The molecular weight excluding hydrogens is 392 g/mol. The lowest BCUT2D eigenvalue weighted by atomic mass is 10.1. The van der Waals surface area contributed by atoms with Crippen molar-refractivity contribution in [1.82, 2.24) is 0 Å². The Balaban J connectivity index is 3.55. The minimum absolute atomic E-state index is 0.0800. The van der Waals surface area contributed by atoms with Gasteiger partial charge in [-0.15, -0.1) is 0 Å². The van der Waals surface area contributed by atoms with Crippen LogP contribution < -0.4 is 0 Å². The van der Waals surface area contributed by atoms with E-state index in [0.29, 0.717) is 19.3 Å². The smallest absolute Gasteiger partial charge is 0.306 e. The van der Waals surface area contributed by atoms with Gasteiger partial charge in [0.2, 0.25) is 0 Å². The Morgan fingerprint density at radius 2 is 1.35 bits per heavy atom. The zero-order chi connectivity index (χ0) is 23.0. The van der Waals surface area contributed by atoms with Crippen molar-refractivity contribution in [2.75, 3.05) is 13.2 Å². The SMILES string of the molecule is CCCCCC/C=C\C/C=C\CCCCCCCC(=O)OC(CO)COC(=O)CCC. The normalized spacial score (nSPS) is 12.5. The van der Waals surface area contributed by atoms with Crippen molar-refractivity contribution in [3.63, 3.8) is 0 Å². The third-order valence-electron chi connectivity index (χ3n) is 4.97. The van der Waals surface area contributed by atoms with Crippen molar-refractivity contribution in [1.29, 1.82) is 0 Å². The summed E-state index contributed by atoms with van der Waals surface area (Å²) in [6, 6.07) is 0. The summed E-state index contributed by atoms with van der Waals surface area (Å²) in [4.78, 5) is 23.2. The third kappa shape index (κ3) is 21.4. The van der Waals surface area contributed by atoms with Gasteiger partial charge >= 0.3 is 11.9 Å². The van der Waals surface area contributed by atoms with Crippen LogP contribution in [0, 0.1) is 0 Å². The number of esters is 2. The van der Waals surface area contributed by atoms with Gasteiger partial charge in [-0.25, -0.2) is 0 Å². The molecule has 0 radical (unpaired) electrons. The highest BCUT2D eigenvalue weighted by Gasteiger charge is 2.15. The lowest BCUT2D eigenvalue weighted by molar-refractivity contribution is -0.161. The number of hydrogen-bond donors (Lipinski definition) is 1. The molecule has 31 heavy (non-hydrogen) atoms. The number of carbonyl (C=O) groups is 2. The number of allylic oxidation sites excluding steroid dienone is 4. The summed E-state index contributed by atoms with van der Waals surface area (Å²) in [6.45, 7) is 3.71. The van der Waals surface area contributed by atoms with Crippen molar-refractivity contribution in [3.05, 3.63) is 24.3 Å². The second kappa shape index (κ2) is 23.1. The van der Waals surface area contributed by atoms with Crippen molar-refractivity contribution in [2.45, 2.75) is 116 Å². The average Bonchev–Trinajstić information content (AvgIpc) is 2.76. The van der Waals surface area contributed by atoms with Gasteiger partial charge in [0.1, 0.15) is 6.61 Å². The molecule has 0 aliphatic heterocycles. The number of ether oxygens (including phenoxy) is 2. The largest absolute Gasteiger partial charge is 0.462 e. The number of rotatable bonds is 21. The highest BCUT2D eigenvalue weighted by Crippen LogP contribution is 2.09. The molecule has 0 saturated heterocycles. The van der Waals surface area contributed by atoms with Crippen LogP contribution in [0.5, 0.6) is 0 Å². The molecule has 5 heteroatoms. The standard InChI is InChI=1S/C26H46O5/c1-3-5-6-7-8-9-10-11-12-13-14-15-16-17-18-19-21-26(29)31-24(22-27)23-30-25(28)20-4-2/h9-10,12-13,24,27H,3-8,11,14-23H2,1-2H3/b10-9-,13-12-. The molecule has 0 aromatic carbocycles. The van der Waals surface area contributed by atoms with E-state index >= 15 is 0 Å². The van der Waals surface area contributed by atoms with E-state index < -0.39 is 6.10 Å². The predicted octanol–water partition coefficient (Wildman–Crippen LogP) is 6.44. The maximum atomic E-state index is 11.8. The molecule has 0 heterocycles. The summed E-state index contributed by atoms with van der Waals surface area (Å²) >= 11 is 0. The molecule has 1 N–H and O–H groups in total. The van der Waals surface area contributed by atoms with Gasteiger partial charge in [0.15, 0.2) is 6.10 Å². The molecule has 180 valence electrons. The summed E-state index contributed by atoms with van der Waals surface area (Å²) in [6.07, 6.45) is 23.5. The molecule has 0 aliphatic rings. The maximum Gasteiger partial charge on any atom is 0.306 e. The van der Waals surface area contributed by atoms with Crippen LogP contribution in [0.15, 0.2) is 24.3 Å². The van der Waals surface area contributed by atoms with Gasteiger partial charge in [-0.05, 0) is 44.9 Å². The number of unbranched alkanes of at least 4 members (excludes halogenated alkanes) is 9. The van der Waals surface area contributed by atoms with Gasteiger partial charge in [0.25, 0.3) is 0 Å². The van der Waals surface area contributed by atoms with Crippen LogP contribution in [0.4, 0.5) is 0 Å². The zero-order valence-electron chi connectivity index (χ0n) is 20.0. The number of hydrogen-bond acceptors (Lipinski definition) is 5. The first-order chi connectivity index (χ1) is 15.1. The quantitative estimate of drug-likeness (QED) is 0.127. The Kier molecular flexibility index (Phi) is 21.8. The molecule has 0 aliphatic carbocycles. The van der Waals surface area contributed by atoms with E-state index in [4.69, 9.17) is 9.47 Å². The Bertz CT molecular complexity index is 484. The molecule has 0 fully saturated rings. The first kappa shape index (κ1) is 29.4. The summed E-state index contributed by atoms with van der Waals surface area (Å²) in [5.74, 6) is -0.673. The molecule has 5 nitrogen and oxygen atoms in total. The first-order valence-electron chi connectivity index (χ1n) is 12.4. The number of aliphatic hydroxyl groups excluding tert-OH is 1. The van der Waals surface area contributed by atoms with E-state index in [-0.39, 0.29) is 25.2 Å². The number of carbonyl (C=O) groups excluding carboxylic acids is 2. The molecule has 0 spiro atoms. The topological polar surface area (TPSA) is 72.8 Å². The molecular formula is C26H46O5. The van der Waals surface area contributed by atoms with E-state index in [1.807, 2.05) is 6.92 Å². The zero-order valence-corrected chi connectivity index (χ0v) is 20.0. The van der Waals surface area contributed by atoms with E-state index in [1.165, 1.54) is 44.9 Å². The Labute approximate surface area is 190 Å². The first-order valence-corrected chi connectivity index (χ1v) is 12.4. The van der Waals surface area contributed by atoms with E-state index in [0.717, 1.165) is 32.1 Å². The minimum Gasteiger partial charge on any atom is -0.462 e. The average molecular weight is 439 g/mol. The highest BCUT2D eigenvalue weighted by atomic mass is 16.6. The predicted molar refractivity (Wildman–Crippen MR) is 127 cm³/mol. The number of aliphatic hydroxyl groups is 1. The van der Waals surface area contributed by atoms with Crippen LogP contribution in [0.2, 0.25) is 0 Å². The van der Waals surface area contributed by atoms with Crippen LogP contribution in [0.3, 0.4) is 0 Å². The molecule has 0 aromatic rings. The monoisotopic (exact) mass is 438 g/mol.